The number of rotatable bonds is 4. The van der Waals surface area contributed by atoms with Crippen molar-refractivity contribution in [2.24, 2.45) is 5.73 Å². The van der Waals surface area contributed by atoms with Crippen molar-refractivity contribution in [3.05, 3.63) is 64.8 Å². The quantitative estimate of drug-likeness (QED) is 0.553. The molecule has 6 nitrogen and oxygen atoms in total. The maximum absolute atomic E-state index is 12.8. The molecule has 1 atom stereocenters. The van der Waals surface area contributed by atoms with Gasteiger partial charge >= 0.3 is 6.03 Å². The van der Waals surface area contributed by atoms with Gasteiger partial charge in [0, 0.05) is 27.8 Å². The van der Waals surface area contributed by atoms with Gasteiger partial charge in [0.05, 0.1) is 6.04 Å². The van der Waals surface area contributed by atoms with Crippen LogP contribution in [0, 0.1) is 0 Å². The van der Waals surface area contributed by atoms with E-state index in [2.05, 4.69) is 15.6 Å². The highest BCUT2D eigenvalue weighted by Crippen LogP contribution is 2.29. The van der Waals surface area contributed by atoms with Gasteiger partial charge in [-0.2, -0.15) is 0 Å². The largest absolute Gasteiger partial charge is 0.358 e. The minimum atomic E-state index is -0.601. The standard InChI is InChI=1S/C22H24N4O2/c1-13(14-6-9-16(10-7-14)25-22(23)28)24-21(27)15-8-11-20-18(12-15)17-4-2-3-5-19(17)26-20/h6-13,26H,2-5H2,1H3,(H,24,27)(H3,23,25,28). The van der Waals surface area contributed by atoms with Crippen LogP contribution >= 0.6 is 0 Å². The first kappa shape index (κ1) is 18.1. The van der Waals surface area contributed by atoms with Gasteiger partial charge in [0.1, 0.15) is 0 Å². The number of fused-ring (bicyclic) bond motifs is 3. The highest BCUT2D eigenvalue weighted by Gasteiger charge is 2.17. The van der Waals surface area contributed by atoms with Crippen LogP contribution in [0.15, 0.2) is 42.5 Å². The number of carbonyl (C=O) groups excluding carboxylic acids is 2. The number of carbonyl (C=O) groups is 2. The van der Waals surface area contributed by atoms with E-state index < -0.39 is 6.03 Å². The highest BCUT2D eigenvalue weighted by atomic mass is 16.2. The monoisotopic (exact) mass is 376 g/mol. The van der Waals surface area contributed by atoms with Gasteiger partial charge in [-0.15, -0.1) is 0 Å². The number of hydrogen-bond donors (Lipinski definition) is 4. The number of aromatic nitrogens is 1. The van der Waals surface area contributed by atoms with E-state index in [1.807, 2.05) is 37.3 Å². The summed E-state index contributed by atoms with van der Waals surface area (Å²) in [5.41, 5.74) is 11.1. The molecule has 144 valence electrons. The Hall–Kier alpha value is -3.28. The summed E-state index contributed by atoms with van der Waals surface area (Å²) < 4.78 is 0. The molecule has 3 amide bonds. The molecule has 0 bridgehead atoms. The maximum Gasteiger partial charge on any atom is 0.316 e. The average Bonchev–Trinajstić information content (AvgIpc) is 3.06. The van der Waals surface area contributed by atoms with Gasteiger partial charge in [0.15, 0.2) is 0 Å². The summed E-state index contributed by atoms with van der Waals surface area (Å²) in [5.74, 6) is -0.0977. The van der Waals surface area contributed by atoms with Gasteiger partial charge < -0.3 is 21.4 Å². The van der Waals surface area contributed by atoms with Gasteiger partial charge in [0.25, 0.3) is 5.91 Å². The maximum atomic E-state index is 12.8. The Kier molecular flexibility index (Phi) is 4.77. The van der Waals surface area contributed by atoms with E-state index in [0.717, 1.165) is 29.3 Å². The molecule has 4 rings (SSSR count). The Morgan fingerprint density at radius 1 is 1.07 bits per heavy atom. The predicted molar refractivity (Wildman–Crippen MR) is 110 cm³/mol. The molecule has 0 saturated carbocycles. The highest BCUT2D eigenvalue weighted by molar-refractivity contribution is 5.99. The Morgan fingerprint density at radius 2 is 1.82 bits per heavy atom. The molecule has 0 radical (unpaired) electrons. The Morgan fingerprint density at radius 3 is 2.57 bits per heavy atom. The lowest BCUT2D eigenvalue weighted by molar-refractivity contribution is 0.0940. The molecule has 1 heterocycles. The lowest BCUT2D eigenvalue weighted by Crippen LogP contribution is -2.26. The summed E-state index contributed by atoms with van der Waals surface area (Å²) in [5, 5.41) is 6.74. The fourth-order valence-electron chi connectivity index (χ4n) is 3.91. The summed E-state index contributed by atoms with van der Waals surface area (Å²) in [4.78, 5) is 27.2. The molecule has 1 aliphatic rings. The zero-order chi connectivity index (χ0) is 19.7. The van der Waals surface area contributed by atoms with E-state index in [1.165, 1.54) is 24.1 Å². The molecule has 3 aromatic rings. The van der Waals surface area contributed by atoms with Gasteiger partial charge in [-0.3, -0.25) is 4.79 Å². The summed E-state index contributed by atoms with van der Waals surface area (Å²) in [6.07, 6.45) is 4.58. The molecule has 5 N–H and O–H groups in total. The fourth-order valence-corrected chi connectivity index (χ4v) is 3.91. The Labute approximate surface area is 163 Å². The number of H-pyrrole nitrogens is 1. The van der Waals surface area contributed by atoms with Crippen molar-refractivity contribution in [2.45, 2.75) is 38.6 Å². The summed E-state index contributed by atoms with van der Waals surface area (Å²) in [6.45, 7) is 1.94. The van der Waals surface area contributed by atoms with E-state index >= 15 is 0 Å². The van der Waals surface area contributed by atoms with Crippen molar-refractivity contribution in [1.82, 2.24) is 10.3 Å². The number of aryl methyl sites for hydroxylation is 2. The normalized spacial score (nSPS) is 14.3. The van der Waals surface area contributed by atoms with Crippen LogP contribution < -0.4 is 16.4 Å². The van der Waals surface area contributed by atoms with Crippen LogP contribution in [-0.2, 0) is 12.8 Å². The number of anilines is 1. The van der Waals surface area contributed by atoms with E-state index in [4.69, 9.17) is 5.73 Å². The first-order valence-electron chi connectivity index (χ1n) is 9.62. The molecule has 2 aromatic carbocycles. The summed E-state index contributed by atoms with van der Waals surface area (Å²) >= 11 is 0. The Balaban J connectivity index is 1.50. The fraction of sp³-hybridized carbons (Fsp3) is 0.273. The third-order valence-corrected chi connectivity index (χ3v) is 5.39. The van der Waals surface area contributed by atoms with Gasteiger partial charge in [-0.05, 0) is 74.1 Å². The molecule has 28 heavy (non-hydrogen) atoms. The van der Waals surface area contributed by atoms with Gasteiger partial charge in [-0.25, -0.2) is 4.79 Å². The number of nitrogens with two attached hydrogens (primary N) is 1. The van der Waals surface area contributed by atoms with Crippen LogP contribution in [0.25, 0.3) is 10.9 Å². The lowest BCUT2D eigenvalue weighted by Gasteiger charge is -2.15. The second-order valence-corrected chi connectivity index (χ2v) is 7.36. The molecule has 0 fully saturated rings. The zero-order valence-electron chi connectivity index (χ0n) is 15.8. The molecule has 1 unspecified atom stereocenters. The molecular weight excluding hydrogens is 352 g/mol. The van der Waals surface area contributed by atoms with Crippen molar-refractivity contribution in [1.29, 1.82) is 0 Å². The number of hydrogen-bond acceptors (Lipinski definition) is 2. The summed E-state index contributed by atoms with van der Waals surface area (Å²) in [7, 11) is 0. The molecule has 0 spiro atoms. The number of benzene rings is 2. The average molecular weight is 376 g/mol. The van der Waals surface area contributed by atoms with E-state index in [9.17, 15) is 9.59 Å². The number of aromatic amines is 1. The second-order valence-electron chi connectivity index (χ2n) is 7.36. The number of nitrogens with one attached hydrogen (secondary N) is 3. The number of urea groups is 1. The van der Waals surface area contributed by atoms with E-state index in [0.29, 0.717) is 11.3 Å². The van der Waals surface area contributed by atoms with Crippen LogP contribution in [0.5, 0.6) is 0 Å². The third-order valence-electron chi connectivity index (χ3n) is 5.39. The third kappa shape index (κ3) is 3.58. The van der Waals surface area contributed by atoms with Crippen molar-refractivity contribution in [3.63, 3.8) is 0 Å². The summed E-state index contributed by atoms with van der Waals surface area (Å²) in [6, 6.07) is 12.4. The number of primary amides is 1. The molecular formula is C22H24N4O2. The second kappa shape index (κ2) is 7.38. The van der Waals surface area contributed by atoms with Crippen LogP contribution in [0.3, 0.4) is 0 Å². The van der Waals surface area contributed by atoms with E-state index in [-0.39, 0.29) is 11.9 Å². The van der Waals surface area contributed by atoms with Crippen LogP contribution in [0.2, 0.25) is 0 Å². The molecule has 6 heteroatoms. The minimum Gasteiger partial charge on any atom is -0.358 e. The van der Waals surface area contributed by atoms with Crippen molar-refractivity contribution in [2.75, 3.05) is 5.32 Å². The topological polar surface area (TPSA) is 100 Å². The SMILES string of the molecule is CC(NC(=O)c1ccc2[nH]c3c(c2c1)CCCC3)c1ccc(NC(N)=O)cc1. The first-order chi connectivity index (χ1) is 13.5. The smallest absolute Gasteiger partial charge is 0.316 e. The van der Waals surface area contributed by atoms with Crippen molar-refractivity contribution in [3.8, 4) is 0 Å². The number of amides is 3. The predicted octanol–water partition coefficient (Wildman–Crippen LogP) is 4.03. The van der Waals surface area contributed by atoms with Crippen LogP contribution in [0.1, 0.15) is 53.0 Å². The zero-order valence-corrected chi connectivity index (χ0v) is 15.8. The van der Waals surface area contributed by atoms with Crippen molar-refractivity contribution < 1.29 is 9.59 Å². The van der Waals surface area contributed by atoms with Crippen molar-refractivity contribution >= 4 is 28.5 Å². The molecule has 0 saturated heterocycles. The van der Waals surface area contributed by atoms with E-state index in [1.54, 1.807) is 12.1 Å². The van der Waals surface area contributed by atoms with Gasteiger partial charge in [-0.1, -0.05) is 12.1 Å². The van der Waals surface area contributed by atoms with Crippen LogP contribution in [-0.4, -0.2) is 16.9 Å². The molecule has 1 aromatic heterocycles. The molecule has 1 aliphatic carbocycles. The van der Waals surface area contributed by atoms with Gasteiger partial charge in [0.2, 0.25) is 0 Å². The van der Waals surface area contributed by atoms with Crippen LogP contribution in [0.4, 0.5) is 10.5 Å². The lowest BCUT2D eigenvalue weighted by atomic mass is 9.95. The minimum absolute atomic E-state index is 0.0977. The molecule has 0 aliphatic heterocycles. The first-order valence-corrected chi connectivity index (χ1v) is 9.62. The Bertz CT molecular complexity index is 1040.